The number of carbonyl (C=O) groups excluding carboxylic acids is 1. The van der Waals surface area contributed by atoms with Crippen molar-refractivity contribution in [3.05, 3.63) is 65.9 Å². The number of nitrogens with one attached hydrogen (secondary N) is 1. The molecular formula is C27H30N2O5S2. The van der Waals surface area contributed by atoms with E-state index in [9.17, 15) is 13.2 Å². The smallest absolute Gasteiger partial charge is 0.233 e. The van der Waals surface area contributed by atoms with Crippen LogP contribution < -0.4 is 10.1 Å². The predicted octanol–water partition coefficient (Wildman–Crippen LogP) is 5.72. The van der Waals surface area contributed by atoms with Gasteiger partial charge in [0.15, 0.2) is 15.0 Å². The molecule has 1 N–H and O–H groups in total. The molecule has 190 valence electrons. The highest BCUT2D eigenvalue weighted by molar-refractivity contribution is 7.92. The van der Waals surface area contributed by atoms with Gasteiger partial charge in [-0.3, -0.25) is 4.79 Å². The van der Waals surface area contributed by atoms with Crippen molar-refractivity contribution in [2.45, 2.75) is 55.1 Å². The van der Waals surface area contributed by atoms with Crippen LogP contribution in [0.5, 0.6) is 10.8 Å². The molecule has 0 radical (unpaired) electrons. The lowest BCUT2D eigenvalue weighted by atomic mass is 9.84. The summed E-state index contributed by atoms with van der Waals surface area (Å²) in [6.07, 6.45) is 5.54. The van der Waals surface area contributed by atoms with Gasteiger partial charge in [-0.1, -0.05) is 35.6 Å². The second-order valence-corrected chi connectivity index (χ2v) is 12.8. The summed E-state index contributed by atoms with van der Waals surface area (Å²) in [5, 5.41) is 3.76. The van der Waals surface area contributed by atoms with Crippen molar-refractivity contribution in [3.63, 3.8) is 0 Å². The van der Waals surface area contributed by atoms with Crippen LogP contribution in [-0.4, -0.2) is 37.8 Å². The van der Waals surface area contributed by atoms with Crippen LogP contribution in [0.4, 0.5) is 5.13 Å². The van der Waals surface area contributed by atoms with E-state index >= 15 is 0 Å². The predicted molar refractivity (Wildman–Crippen MR) is 140 cm³/mol. The van der Waals surface area contributed by atoms with Crippen molar-refractivity contribution in [2.24, 2.45) is 5.92 Å². The van der Waals surface area contributed by atoms with Gasteiger partial charge in [0.1, 0.15) is 5.75 Å². The van der Waals surface area contributed by atoms with Crippen LogP contribution in [0.1, 0.15) is 49.1 Å². The van der Waals surface area contributed by atoms with E-state index in [0.29, 0.717) is 40.6 Å². The fraction of sp³-hybridized carbons (Fsp3) is 0.407. The minimum atomic E-state index is -3.27. The molecule has 1 amide bonds. The van der Waals surface area contributed by atoms with Crippen LogP contribution in [-0.2, 0) is 19.4 Å². The van der Waals surface area contributed by atoms with Crippen molar-refractivity contribution in [1.82, 2.24) is 4.98 Å². The first kappa shape index (κ1) is 24.9. The number of ether oxygens (including phenoxy) is 2. The third-order valence-corrected chi connectivity index (χ3v) is 9.79. The van der Waals surface area contributed by atoms with E-state index in [1.807, 2.05) is 31.2 Å². The Morgan fingerprint density at radius 2 is 1.89 bits per heavy atom. The van der Waals surface area contributed by atoms with Gasteiger partial charge in [0.2, 0.25) is 11.0 Å². The van der Waals surface area contributed by atoms with Crippen LogP contribution in [0, 0.1) is 12.8 Å². The molecule has 36 heavy (non-hydrogen) atoms. The number of rotatable bonds is 9. The van der Waals surface area contributed by atoms with E-state index in [4.69, 9.17) is 9.47 Å². The highest BCUT2D eigenvalue weighted by Crippen LogP contribution is 2.36. The highest BCUT2D eigenvalue weighted by Gasteiger charge is 2.37. The molecule has 1 aliphatic carbocycles. The molecule has 0 spiro atoms. The molecule has 1 aromatic heterocycles. The summed E-state index contributed by atoms with van der Waals surface area (Å²) in [4.78, 5) is 18.1. The Labute approximate surface area is 215 Å². The summed E-state index contributed by atoms with van der Waals surface area (Å²) in [6.45, 7) is 3.39. The summed E-state index contributed by atoms with van der Waals surface area (Å²) in [5.74, 6) is 0.502. The summed E-state index contributed by atoms with van der Waals surface area (Å²) < 4.78 is 36.6. The molecule has 1 atom stereocenters. The molecule has 0 unspecified atom stereocenters. The average molecular weight is 527 g/mol. The Balaban J connectivity index is 1.32. The monoisotopic (exact) mass is 526 g/mol. The van der Waals surface area contributed by atoms with Gasteiger partial charge in [0, 0.05) is 13.2 Å². The first-order chi connectivity index (χ1) is 17.4. The molecule has 9 heteroatoms. The first-order valence-electron chi connectivity index (χ1n) is 12.3. The zero-order chi connectivity index (χ0) is 25.1. The number of amides is 1. The molecule has 1 saturated carbocycles. The number of thiazole rings is 1. The minimum absolute atomic E-state index is 0.157. The molecule has 0 bridgehead atoms. The fourth-order valence-electron chi connectivity index (χ4n) is 4.52. The van der Waals surface area contributed by atoms with Crippen LogP contribution in [0.2, 0.25) is 0 Å². The quantitative estimate of drug-likeness (QED) is 0.383. The molecule has 7 nitrogen and oxygen atoms in total. The summed E-state index contributed by atoms with van der Waals surface area (Å²) in [7, 11) is -3.27. The second-order valence-electron chi connectivity index (χ2n) is 9.55. The zero-order valence-electron chi connectivity index (χ0n) is 20.2. The van der Waals surface area contributed by atoms with E-state index < -0.39 is 15.8 Å². The van der Waals surface area contributed by atoms with Crippen molar-refractivity contribution >= 4 is 32.2 Å². The van der Waals surface area contributed by atoms with E-state index in [1.165, 1.54) is 11.3 Å². The molecule has 3 aromatic rings. The molecule has 5 rings (SSSR count). The summed E-state index contributed by atoms with van der Waals surface area (Å²) >= 11 is 1.27. The Morgan fingerprint density at radius 3 is 2.58 bits per heavy atom. The maximum Gasteiger partial charge on any atom is 0.233 e. The molecule has 2 aromatic carbocycles. The third-order valence-electron chi connectivity index (χ3n) is 6.72. The topological polar surface area (TPSA) is 94.6 Å². The lowest BCUT2D eigenvalue weighted by molar-refractivity contribution is -0.118. The second kappa shape index (κ2) is 10.7. The van der Waals surface area contributed by atoms with Gasteiger partial charge in [-0.15, -0.1) is 0 Å². The van der Waals surface area contributed by atoms with Crippen molar-refractivity contribution in [1.29, 1.82) is 0 Å². The Kier molecular flexibility index (Phi) is 7.41. The molecule has 2 fully saturated rings. The van der Waals surface area contributed by atoms with E-state index in [1.54, 1.807) is 30.5 Å². The number of hydrogen-bond donors (Lipinski definition) is 1. The van der Waals surface area contributed by atoms with Gasteiger partial charge in [-0.2, -0.15) is 0 Å². The van der Waals surface area contributed by atoms with Crippen LogP contribution >= 0.6 is 11.3 Å². The Bertz CT molecular complexity index is 1310. The lowest BCUT2D eigenvalue weighted by Gasteiger charge is -2.26. The van der Waals surface area contributed by atoms with Crippen molar-refractivity contribution in [3.8, 4) is 10.8 Å². The number of anilines is 1. The number of hydrogen-bond acceptors (Lipinski definition) is 7. The normalized spacial score (nSPS) is 17.5. The summed E-state index contributed by atoms with van der Waals surface area (Å²) in [6, 6.07) is 14.6. The van der Waals surface area contributed by atoms with E-state index in [2.05, 4.69) is 10.3 Å². The highest BCUT2D eigenvalue weighted by atomic mass is 32.2. The Morgan fingerprint density at radius 1 is 1.14 bits per heavy atom. The average Bonchev–Trinajstić information content (AvgIpc) is 3.65. The standard InChI is InChI=1S/C27H30N2O5S2/c1-18-3-2-4-21(15-18)34-25-17-28-27(35-25)29-26(30)24(16-19-11-13-33-14-12-19)20-5-7-22(8-6-20)36(31,32)23-9-10-23/h2-8,15,17,19,23-24H,9-14,16H2,1H3,(H,28,29,30)/t24-/m1/s1. The van der Waals surface area contributed by atoms with Crippen LogP contribution in [0.15, 0.2) is 59.6 Å². The first-order valence-corrected chi connectivity index (χ1v) is 14.7. The van der Waals surface area contributed by atoms with Gasteiger partial charge in [0.05, 0.1) is 22.3 Å². The van der Waals surface area contributed by atoms with E-state index in [0.717, 1.165) is 42.6 Å². The maximum atomic E-state index is 13.5. The van der Waals surface area contributed by atoms with Gasteiger partial charge >= 0.3 is 0 Å². The van der Waals surface area contributed by atoms with Crippen molar-refractivity contribution < 1.29 is 22.7 Å². The minimum Gasteiger partial charge on any atom is -0.445 e. The number of aromatic nitrogens is 1. The van der Waals surface area contributed by atoms with Crippen LogP contribution in [0.25, 0.3) is 0 Å². The number of benzene rings is 2. The molecule has 1 saturated heterocycles. The zero-order valence-corrected chi connectivity index (χ0v) is 21.8. The third kappa shape index (κ3) is 5.96. The van der Waals surface area contributed by atoms with E-state index in [-0.39, 0.29) is 11.2 Å². The van der Waals surface area contributed by atoms with Gasteiger partial charge in [-0.05, 0) is 80.3 Å². The van der Waals surface area contributed by atoms with Crippen LogP contribution in [0.3, 0.4) is 0 Å². The molecular weight excluding hydrogens is 496 g/mol. The summed E-state index contributed by atoms with van der Waals surface area (Å²) in [5.41, 5.74) is 1.90. The number of carbonyl (C=O) groups is 1. The molecule has 2 heterocycles. The fourth-order valence-corrected chi connectivity index (χ4v) is 6.87. The maximum absolute atomic E-state index is 13.5. The molecule has 1 aliphatic heterocycles. The number of aryl methyl sites for hydroxylation is 1. The number of sulfone groups is 1. The van der Waals surface area contributed by atoms with Gasteiger partial charge < -0.3 is 14.8 Å². The molecule has 2 aliphatic rings. The van der Waals surface area contributed by atoms with Gasteiger partial charge in [-0.25, -0.2) is 13.4 Å². The lowest BCUT2D eigenvalue weighted by Crippen LogP contribution is -2.26. The Hall–Kier alpha value is -2.75. The largest absolute Gasteiger partial charge is 0.445 e. The van der Waals surface area contributed by atoms with Crippen molar-refractivity contribution in [2.75, 3.05) is 18.5 Å². The number of nitrogens with zero attached hydrogens (tertiary/aromatic N) is 1. The van der Waals surface area contributed by atoms with Gasteiger partial charge in [0.25, 0.3) is 0 Å². The SMILES string of the molecule is Cc1cccc(Oc2cnc(NC(=O)[C@H](CC3CCOCC3)c3ccc(S(=O)(=O)C4CC4)cc3)s2)c1.